The molecular weight excluding hydrogens is 244 g/mol. The van der Waals surface area contributed by atoms with Crippen LogP contribution in [-0.2, 0) is 11.6 Å². The Morgan fingerprint density at radius 2 is 1.73 bits per heavy atom. The van der Waals surface area contributed by atoms with Crippen LogP contribution < -0.4 is 0 Å². The van der Waals surface area contributed by atoms with Gasteiger partial charge in [-0.25, -0.2) is 0 Å². The first-order chi connectivity index (χ1) is 7.38. The topological polar surface area (TPSA) is 0 Å². The minimum atomic E-state index is 0.626. The molecule has 78 valence electrons. The molecule has 2 rings (SSSR count). The zero-order chi connectivity index (χ0) is 10.5. The molecule has 0 saturated heterocycles. The van der Waals surface area contributed by atoms with Gasteiger partial charge in [0.1, 0.15) is 0 Å². The highest BCUT2D eigenvalue weighted by Gasteiger charge is 2.00. The molecule has 0 unspecified atom stereocenters. The fraction of sp³-hybridized carbons (Fsp3) is 0.167. The lowest BCUT2D eigenvalue weighted by molar-refractivity contribution is 1.43. The summed E-state index contributed by atoms with van der Waals surface area (Å²) in [6, 6.07) is 14.7. The Morgan fingerprint density at radius 1 is 1.00 bits per heavy atom. The Bertz CT molecular complexity index is 409. The van der Waals surface area contributed by atoms with Crippen molar-refractivity contribution < 1.29 is 0 Å². The number of hydrogen-bond acceptors (Lipinski definition) is 2. The van der Waals surface area contributed by atoms with E-state index in [9.17, 15) is 0 Å². The smallest absolute Gasteiger partial charge is 0.0568 e. The summed E-state index contributed by atoms with van der Waals surface area (Å²) in [6.07, 6.45) is 0. The van der Waals surface area contributed by atoms with Gasteiger partial charge in [0.15, 0.2) is 0 Å². The van der Waals surface area contributed by atoms with Gasteiger partial charge < -0.3 is 0 Å². The molecule has 0 amide bonds. The number of halogens is 1. The average molecular weight is 255 g/mol. The van der Waals surface area contributed by atoms with Gasteiger partial charge in [-0.3, -0.25) is 0 Å². The Kier molecular flexibility index (Phi) is 4.12. The summed E-state index contributed by atoms with van der Waals surface area (Å²) in [5.41, 5.74) is 0. The molecule has 0 atom stereocenters. The highest BCUT2D eigenvalue weighted by Crippen LogP contribution is 2.27. The van der Waals surface area contributed by atoms with Gasteiger partial charge in [0.25, 0.3) is 0 Å². The molecule has 1 heterocycles. The molecule has 0 fully saturated rings. The van der Waals surface area contributed by atoms with Crippen molar-refractivity contribution in [2.75, 3.05) is 0 Å². The summed E-state index contributed by atoms with van der Waals surface area (Å²) >= 11 is 9.43. The number of benzene rings is 1. The molecule has 0 N–H and O–H groups in total. The van der Waals surface area contributed by atoms with Crippen LogP contribution in [-0.4, -0.2) is 0 Å². The number of thioether (sulfide) groups is 1. The van der Waals surface area contributed by atoms with Gasteiger partial charge >= 0.3 is 0 Å². The Hall–Kier alpha value is -0.440. The Labute approximate surface area is 103 Å². The van der Waals surface area contributed by atoms with Crippen molar-refractivity contribution in [3.63, 3.8) is 0 Å². The number of thiophene rings is 1. The second-order valence-corrected chi connectivity index (χ2v) is 5.67. The van der Waals surface area contributed by atoms with Crippen molar-refractivity contribution in [1.29, 1.82) is 0 Å². The molecule has 0 nitrogen and oxygen atoms in total. The number of hydrogen-bond donors (Lipinski definition) is 0. The fourth-order valence-electron chi connectivity index (χ4n) is 1.24. The molecule has 0 saturated carbocycles. The molecule has 3 heteroatoms. The van der Waals surface area contributed by atoms with Gasteiger partial charge in [-0.15, -0.1) is 34.7 Å². The Morgan fingerprint density at radius 3 is 2.40 bits per heavy atom. The van der Waals surface area contributed by atoms with Crippen molar-refractivity contribution in [3.05, 3.63) is 52.2 Å². The average Bonchev–Trinajstić information content (AvgIpc) is 2.76. The first-order valence-electron chi connectivity index (χ1n) is 4.70. The van der Waals surface area contributed by atoms with E-state index in [0.29, 0.717) is 5.88 Å². The van der Waals surface area contributed by atoms with E-state index < -0.39 is 0 Å². The molecule has 0 radical (unpaired) electrons. The van der Waals surface area contributed by atoms with E-state index >= 15 is 0 Å². The molecule has 0 aliphatic rings. The first kappa shape index (κ1) is 11.1. The second-order valence-electron chi connectivity index (χ2n) is 3.10. The van der Waals surface area contributed by atoms with E-state index in [1.54, 1.807) is 11.3 Å². The summed E-state index contributed by atoms with van der Waals surface area (Å²) in [6.45, 7) is 0. The normalized spacial score (nSPS) is 10.5. The van der Waals surface area contributed by atoms with E-state index in [4.69, 9.17) is 11.6 Å². The molecule has 0 aliphatic heterocycles. The molecule has 0 bridgehead atoms. The van der Waals surface area contributed by atoms with Crippen LogP contribution in [0.2, 0.25) is 0 Å². The monoisotopic (exact) mass is 254 g/mol. The summed E-state index contributed by atoms with van der Waals surface area (Å²) in [7, 11) is 0. The molecular formula is C12H11ClS2. The highest BCUT2D eigenvalue weighted by molar-refractivity contribution is 7.98. The van der Waals surface area contributed by atoms with Crippen molar-refractivity contribution >= 4 is 34.7 Å². The van der Waals surface area contributed by atoms with Gasteiger partial charge in [0.2, 0.25) is 0 Å². The lowest BCUT2D eigenvalue weighted by atomic mass is 10.4. The third-order valence-electron chi connectivity index (χ3n) is 1.97. The third-order valence-corrected chi connectivity index (χ3v) is 4.75. The summed E-state index contributed by atoms with van der Waals surface area (Å²) < 4.78 is 0. The van der Waals surface area contributed by atoms with Crippen LogP contribution in [0.25, 0.3) is 0 Å². The van der Waals surface area contributed by atoms with Crippen molar-refractivity contribution in [1.82, 2.24) is 0 Å². The van der Waals surface area contributed by atoms with Gasteiger partial charge in [-0.1, -0.05) is 18.2 Å². The van der Waals surface area contributed by atoms with Gasteiger partial charge in [0, 0.05) is 20.4 Å². The predicted molar refractivity (Wildman–Crippen MR) is 69.9 cm³/mol. The van der Waals surface area contributed by atoms with Crippen LogP contribution in [0.4, 0.5) is 0 Å². The zero-order valence-electron chi connectivity index (χ0n) is 8.15. The zero-order valence-corrected chi connectivity index (χ0v) is 10.5. The van der Waals surface area contributed by atoms with E-state index in [-0.39, 0.29) is 0 Å². The molecule has 2 aromatic rings. The lowest BCUT2D eigenvalue weighted by Gasteiger charge is -1.98. The first-order valence-corrected chi connectivity index (χ1v) is 7.03. The van der Waals surface area contributed by atoms with Crippen molar-refractivity contribution in [2.45, 2.75) is 16.5 Å². The van der Waals surface area contributed by atoms with Crippen LogP contribution >= 0.6 is 34.7 Å². The van der Waals surface area contributed by atoms with Crippen LogP contribution in [0.5, 0.6) is 0 Å². The van der Waals surface area contributed by atoms with Crippen molar-refractivity contribution in [3.8, 4) is 0 Å². The molecule has 15 heavy (non-hydrogen) atoms. The summed E-state index contributed by atoms with van der Waals surface area (Å²) in [4.78, 5) is 3.96. The van der Waals surface area contributed by atoms with Gasteiger partial charge in [0.05, 0.1) is 5.88 Å². The van der Waals surface area contributed by atoms with E-state index in [1.165, 1.54) is 14.6 Å². The molecule has 0 aliphatic carbocycles. The van der Waals surface area contributed by atoms with E-state index in [2.05, 4.69) is 36.4 Å². The van der Waals surface area contributed by atoms with Gasteiger partial charge in [-0.05, 0) is 24.3 Å². The van der Waals surface area contributed by atoms with Crippen molar-refractivity contribution in [2.24, 2.45) is 0 Å². The van der Waals surface area contributed by atoms with E-state index in [0.717, 1.165) is 5.75 Å². The number of alkyl halides is 1. The minimum Gasteiger partial charge on any atom is -0.143 e. The molecule has 1 aromatic carbocycles. The summed E-state index contributed by atoms with van der Waals surface area (Å²) in [5.74, 6) is 1.66. The van der Waals surface area contributed by atoms with Crippen LogP contribution in [0.15, 0.2) is 47.4 Å². The van der Waals surface area contributed by atoms with Crippen LogP contribution in [0, 0.1) is 0 Å². The lowest BCUT2D eigenvalue weighted by Crippen LogP contribution is -1.73. The molecule has 0 spiro atoms. The number of rotatable bonds is 4. The molecule has 1 aromatic heterocycles. The predicted octanol–water partition coefficient (Wildman–Crippen LogP) is 4.78. The maximum atomic E-state index is 5.76. The standard InChI is InChI=1S/C12H11ClS2/c13-8-11-6-7-12(15-11)9-14-10-4-2-1-3-5-10/h1-7H,8-9H2. The largest absolute Gasteiger partial charge is 0.143 e. The third kappa shape index (κ3) is 3.26. The minimum absolute atomic E-state index is 0.626. The van der Waals surface area contributed by atoms with Gasteiger partial charge in [-0.2, -0.15) is 0 Å². The summed E-state index contributed by atoms with van der Waals surface area (Å²) in [5, 5.41) is 0. The SMILES string of the molecule is ClCc1ccc(CSc2ccccc2)s1. The maximum absolute atomic E-state index is 5.76. The second kappa shape index (κ2) is 5.59. The Balaban J connectivity index is 1.93. The highest BCUT2D eigenvalue weighted by atomic mass is 35.5. The van der Waals surface area contributed by atoms with Crippen LogP contribution in [0.3, 0.4) is 0 Å². The fourth-order valence-corrected chi connectivity index (χ4v) is 3.33. The van der Waals surface area contributed by atoms with Crippen LogP contribution in [0.1, 0.15) is 9.75 Å². The maximum Gasteiger partial charge on any atom is 0.0568 e. The quantitative estimate of drug-likeness (QED) is 0.559. The van der Waals surface area contributed by atoms with E-state index in [1.807, 2.05) is 17.8 Å².